The zero-order valence-corrected chi connectivity index (χ0v) is 10.2. The zero-order valence-electron chi connectivity index (χ0n) is 9.37. The van der Waals surface area contributed by atoms with Crippen LogP contribution in [0.1, 0.15) is 13.3 Å². The summed E-state index contributed by atoms with van der Waals surface area (Å²) in [6, 6.07) is -0.799. The number of hydrogen-bond acceptors (Lipinski definition) is 5. The van der Waals surface area contributed by atoms with E-state index in [0.29, 0.717) is 6.61 Å². The molecule has 1 saturated carbocycles. The average Bonchev–Trinajstić information content (AvgIpc) is 2.69. The fourth-order valence-electron chi connectivity index (χ4n) is 2.32. The van der Waals surface area contributed by atoms with Gasteiger partial charge in [-0.2, -0.15) is 0 Å². The molecule has 1 heterocycles. The average molecular weight is 264 g/mol. The van der Waals surface area contributed by atoms with Crippen LogP contribution in [-0.4, -0.2) is 49.5 Å². The minimum Gasteiger partial charge on any atom is -0.480 e. The van der Waals surface area contributed by atoms with Crippen molar-refractivity contribution < 1.29 is 23.1 Å². The van der Waals surface area contributed by atoms with Gasteiger partial charge in [-0.25, -0.2) is 13.1 Å². The number of fused-ring (bicyclic) bond motifs is 1. The summed E-state index contributed by atoms with van der Waals surface area (Å²) in [7, 11) is -3.90. The fourth-order valence-corrected chi connectivity index (χ4v) is 3.46. The Hall–Kier alpha value is -0.700. The van der Waals surface area contributed by atoms with Crippen LogP contribution in [0, 0.1) is 5.92 Å². The number of nitrogens with one attached hydrogen (secondary N) is 1. The third-order valence-electron chi connectivity index (χ3n) is 3.56. The van der Waals surface area contributed by atoms with E-state index in [1.165, 1.54) is 0 Å². The molecule has 2 aliphatic rings. The van der Waals surface area contributed by atoms with Gasteiger partial charge in [0.05, 0.1) is 12.1 Å². The third kappa shape index (κ3) is 2.05. The van der Waals surface area contributed by atoms with Crippen molar-refractivity contribution in [3.8, 4) is 0 Å². The van der Waals surface area contributed by atoms with Crippen LogP contribution in [0.25, 0.3) is 0 Å². The molecule has 5 unspecified atom stereocenters. The number of carboxylic acids is 1. The highest BCUT2D eigenvalue weighted by molar-refractivity contribution is 7.90. The Morgan fingerprint density at radius 3 is 2.82 bits per heavy atom. The quantitative estimate of drug-likeness (QED) is 0.568. The lowest BCUT2D eigenvalue weighted by atomic mass is 9.73. The molecule has 5 atom stereocenters. The van der Waals surface area contributed by atoms with Crippen molar-refractivity contribution >= 4 is 16.0 Å². The maximum absolute atomic E-state index is 11.7. The first-order valence-corrected chi connectivity index (χ1v) is 7.00. The number of carboxylic acid groups (broad SMARTS) is 1. The minimum atomic E-state index is -3.90. The van der Waals surface area contributed by atoms with Gasteiger partial charge in [-0.1, -0.05) is 0 Å². The largest absolute Gasteiger partial charge is 0.480 e. The molecule has 0 aromatic rings. The van der Waals surface area contributed by atoms with Gasteiger partial charge in [0.1, 0.15) is 0 Å². The summed E-state index contributed by atoms with van der Waals surface area (Å²) in [5.74, 6) is -1.20. The first-order valence-electron chi connectivity index (χ1n) is 5.45. The molecule has 0 amide bonds. The van der Waals surface area contributed by atoms with Crippen LogP contribution in [0.5, 0.6) is 0 Å². The van der Waals surface area contributed by atoms with E-state index >= 15 is 0 Å². The maximum atomic E-state index is 11.7. The molecule has 0 aromatic heterocycles. The van der Waals surface area contributed by atoms with Gasteiger partial charge in [-0.15, -0.1) is 0 Å². The molecule has 0 bridgehead atoms. The van der Waals surface area contributed by atoms with E-state index in [1.54, 1.807) is 0 Å². The molecule has 17 heavy (non-hydrogen) atoms. The standard InChI is InChI=1S/C9H16N2O5S/c1-4(9(12)13)17(14,15)11-7-6(10)5-2-3-16-8(5)7/h4-8,11H,2-3,10H2,1H3,(H,12,13). The summed E-state index contributed by atoms with van der Waals surface area (Å²) in [5.41, 5.74) is 5.84. The van der Waals surface area contributed by atoms with E-state index in [1.807, 2.05) is 0 Å². The van der Waals surface area contributed by atoms with Crippen molar-refractivity contribution in [1.29, 1.82) is 0 Å². The Morgan fingerprint density at radius 1 is 1.59 bits per heavy atom. The van der Waals surface area contributed by atoms with Gasteiger partial charge >= 0.3 is 5.97 Å². The van der Waals surface area contributed by atoms with Crippen LogP contribution in [-0.2, 0) is 19.6 Å². The van der Waals surface area contributed by atoms with Crippen LogP contribution in [0.2, 0.25) is 0 Å². The minimum absolute atomic E-state index is 0.183. The topological polar surface area (TPSA) is 119 Å². The molecule has 1 aliphatic carbocycles. The van der Waals surface area contributed by atoms with E-state index < -0.39 is 27.3 Å². The second-order valence-electron chi connectivity index (χ2n) is 4.53. The van der Waals surface area contributed by atoms with Crippen molar-refractivity contribution in [3.05, 3.63) is 0 Å². The Morgan fingerprint density at radius 2 is 2.24 bits per heavy atom. The Labute approximate surface area is 99.4 Å². The SMILES string of the molecule is CC(C(=O)O)S(=O)(=O)NC1C(N)C2CCOC21. The molecular formula is C9H16N2O5S. The molecular weight excluding hydrogens is 248 g/mol. The van der Waals surface area contributed by atoms with E-state index in [2.05, 4.69) is 4.72 Å². The van der Waals surface area contributed by atoms with Crippen molar-refractivity contribution in [1.82, 2.24) is 4.72 Å². The number of hydrogen-bond donors (Lipinski definition) is 3. The molecule has 2 fully saturated rings. The molecule has 0 radical (unpaired) electrons. The van der Waals surface area contributed by atoms with Gasteiger partial charge in [0.25, 0.3) is 0 Å². The van der Waals surface area contributed by atoms with E-state index in [4.69, 9.17) is 15.6 Å². The molecule has 1 aliphatic heterocycles. The second-order valence-corrected chi connectivity index (χ2v) is 6.57. The molecule has 2 rings (SSSR count). The lowest BCUT2D eigenvalue weighted by Crippen LogP contribution is -2.69. The highest BCUT2D eigenvalue weighted by Crippen LogP contribution is 2.38. The maximum Gasteiger partial charge on any atom is 0.323 e. The van der Waals surface area contributed by atoms with Crippen molar-refractivity contribution in [3.63, 3.8) is 0 Å². The van der Waals surface area contributed by atoms with E-state index in [-0.39, 0.29) is 18.1 Å². The summed E-state index contributed by atoms with van der Waals surface area (Å²) in [4.78, 5) is 10.7. The Bertz CT molecular complexity index is 423. The number of aliphatic carboxylic acids is 1. The Kier molecular flexibility index (Phi) is 3.15. The van der Waals surface area contributed by atoms with Crippen LogP contribution < -0.4 is 10.5 Å². The predicted octanol–water partition coefficient (Wildman–Crippen LogP) is -1.51. The normalized spacial score (nSPS) is 38.2. The number of ether oxygens (including phenoxy) is 1. The van der Waals surface area contributed by atoms with Gasteiger partial charge in [0.2, 0.25) is 10.0 Å². The number of sulfonamides is 1. The van der Waals surface area contributed by atoms with Crippen molar-refractivity contribution in [2.45, 2.75) is 36.8 Å². The van der Waals surface area contributed by atoms with Gasteiger partial charge in [-0.3, -0.25) is 4.79 Å². The van der Waals surface area contributed by atoms with E-state index in [9.17, 15) is 13.2 Å². The van der Waals surface area contributed by atoms with Crippen LogP contribution >= 0.6 is 0 Å². The lowest BCUT2D eigenvalue weighted by molar-refractivity contribution is -0.136. The highest BCUT2D eigenvalue weighted by Gasteiger charge is 2.54. The highest BCUT2D eigenvalue weighted by atomic mass is 32.2. The van der Waals surface area contributed by atoms with Gasteiger partial charge in [0.15, 0.2) is 5.25 Å². The first kappa shape index (κ1) is 12.7. The molecule has 4 N–H and O–H groups in total. The third-order valence-corrected chi connectivity index (χ3v) is 5.29. The summed E-state index contributed by atoms with van der Waals surface area (Å²) in [6.07, 6.45) is 0.624. The van der Waals surface area contributed by atoms with Crippen LogP contribution in [0.15, 0.2) is 0 Å². The summed E-state index contributed by atoms with van der Waals surface area (Å²) >= 11 is 0. The predicted molar refractivity (Wildman–Crippen MR) is 58.8 cm³/mol. The molecule has 98 valence electrons. The monoisotopic (exact) mass is 264 g/mol. The van der Waals surface area contributed by atoms with E-state index in [0.717, 1.165) is 13.3 Å². The van der Waals surface area contributed by atoms with Crippen LogP contribution in [0.4, 0.5) is 0 Å². The molecule has 0 spiro atoms. The van der Waals surface area contributed by atoms with Crippen molar-refractivity contribution in [2.24, 2.45) is 11.7 Å². The van der Waals surface area contributed by atoms with Crippen LogP contribution in [0.3, 0.4) is 0 Å². The summed E-state index contributed by atoms with van der Waals surface area (Å²) in [6.45, 7) is 1.71. The lowest BCUT2D eigenvalue weighted by Gasteiger charge is -2.45. The zero-order chi connectivity index (χ0) is 12.8. The molecule has 8 heteroatoms. The first-order chi connectivity index (χ1) is 7.84. The van der Waals surface area contributed by atoms with Gasteiger partial charge in [-0.05, 0) is 13.3 Å². The number of nitrogens with two attached hydrogens (primary N) is 1. The fraction of sp³-hybridized carbons (Fsp3) is 0.889. The molecule has 0 aromatic carbocycles. The molecule has 1 saturated heterocycles. The van der Waals surface area contributed by atoms with Gasteiger partial charge in [0, 0.05) is 18.6 Å². The van der Waals surface area contributed by atoms with Gasteiger partial charge < -0.3 is 15.6 Å². The molecule has 7 nitrogen and oxygen atoms in total. The number of carbonyl (C=O) groups is 1. The summed E-state index contributed by atoms with van der Waals surface area (Å²) in [5, 5.41) is 7.20. The summed E-state index contributed by atoms with van der Waals surface area (Å²) < 4.78 is 31.1. The number of rotatable bonds is 4. The Balaban J connectivity index is 2.04. The second kappa shape index (κ2) is 4.20. The smallest absolute Gasteiger partial charge is 0.323 e. The van der Waals surface area contributed by atoms with Crippen molar-refractivity contribution in [2.75, 3.05) is 6.61 Å².